The molecule has 3 nitrogen and oxygen atoms in total. The number of carbonyl (C=O) groups is 1. The maximum atomic E-state index is 12.0. The number of benzene rings is 2. The molecular formula is C16H15Br2NO2. The van der Waals surface area contributed by atoms with E-state index in [0.717, 1.165) is 14.6 Å². The van der Waals surface area contributed by atoms with Gasteiger partial charge in [-0.2, -0.15) is 0 Å². The first-order chi connectivity index (χ1) is 9.99. The minimum atomic E-state index is -1.17. The standard InChI is InChI=1S/C16H15Br2NO2/c1-2-16(15(20)21,11-6-5-7-12(17)10-11)19-14-9-4-3-8-13(14)18/h3-10,19H,2H2,1H3,(H,20,21). The van der Waals surface area contributed by atoms with Crippen molar-refractivity contribution in [2.45, 2.75) is 18.9 Å². The molecular weight excluding hydrogens is 398 g/mol. The van der Waals surface area contributed by atoms with Crippen LogP contribution >= 0.6 is 31.9 Å². The van der Waals surface area contributed by atoms with Gasteiger partial charge in [0.1, 0.15) is 0 Å². The molecule has 0 fully saturated rings. The van der Waals surface area contributed by atoms with Gasteiger partial charge in [0.15, 0.2) is 5.54 Å². The SMILES string of the molecule is CCC(Nc1ccccc1Br)(C(=O)O)c1cccc(Br)c1. The van der Waals surface area contributed by atoms with E-state index in [2.05, 4.69) is 37.2 Å². The van der Waals surface area contributed by atoms with E-state index in [1.54, 1.807) is 0 Å². The number of halogens is 2. The molecule has 0 aliphatic rings. The summed E-state index contributed by atoms with van der Waals surface area (Å²) < 4.78 is 1.69. The average molecular weight is 413 g/mol. The third kappa shape index (κ3) is 3.30. The molecule has 1 unspecified atom stereocenters. The summed E-state index contributed by atoms with van der Waals surface area (Å²) in [6.45, 7) is 1.86. The van der Waals surface area contributed by atoms with Crippen molar-refractivity contribution in [3.05, 3.63) is 63.0 Å². The number of nitrogens with one attached hydrogen (secondary N) is 1. The number of aliphatic carboxylic acids is 1. The van der Waals surface area contributed by atoms with Crippen LogP contribution in [-0.2, 0) is 10.3 Å². The van der Waals surface area contributed by atoms with E-state index in [9.17, 15) is 9.90 Å². The van der Waals surface area contributed by atoms with Gasteiger partial charge in [-0.25, -0.2) is 4.79 Å². The largest absolute Gasteiger partial charge is 0.479 e. The van der Waals surface area contributed by atoms with Gasteiger partial charge in [-0.15, -0.1) is 0 Å². The van der Waals surface area contributed by atoms with Crippen LogP contribution < -0.4 is 5.32 Å². The van der Waals surface area contributed by atoms with Crippen LogP contribution in [0.15, 0.2) is 57.5 Å². The maximum Gasteiger partial charge on any atom is 0.334 e. The second kappa shape index (κ2) is 6.62. The predicted octanol–water partition coefficient (Wildman–Crippen LogP) is 5.01. The number of carboxylic acids is 1. The molecule has 21 heavy (non-hydrogen) atoms. The fraction of sp³-hybridized carbons (Fsp3) is 0.188. The molecule has 0 radical (unpaired) electrons. The Morgan fingerprint density at radius 2 is 1.90 bits per heavy atom. The van der Waals surface area contributed by atoms with Gasteiger partial charge >= 0.3 is 5.97 Å². The smallest absolute Gasteiger partial charge is 0.334 e. The minimum absolute atomic E-state index is 0.417. The Balaban J connectivity index is 2.53. The van der Waals surface area contributed by atoms with Gasteiger partial charge in [0, 0.05) is 14.6 Å². The Kier molecular flexibility index (Phi) is 5.06. The quantitative estimate of drug-likeness (QED) is 0.725. The van der Waals surface area contributed by atoms with Crippen molar-refractivity contribution >= 4 is 43.5 Å². The minimum Gasteiger partial charge on any atom is -0.479 e. The number of anilines is 1. The van der Waals surface area contributed by atoms with Gasteiger partial charge in [-0.3, -0.25) is 0 Å². The van der Waals surface area contributed by atoms with Gasteiger partial charge in [0.25, 0.3) is 0 Å². The Bertz CT molecular complexity index is 660. The summed E-state index contributed by atoms with van der Waals surface area (Å²) in [6, 6.07) is 14.9. The average Bonchev–Trinajstić information content (AvgIpc) is 2.46. The Labute approximate surface area is 140 Å². The van der Waals surface area contributed by atoms with Gasteiger partial charge in [0.05, 0.1) is 0 Å². The Morgan fingerprint density at radius 3 is 2.48 bits per heavy atom. The summed E-state index contributed by atoms with van der Waals surface area (Å²) in [6.07, 6.45) is 0.417. The highest BCUT2D eigenvalue weighted by Crippen LogP contribution is 2.34. The molecule has 2 N–H and O–H groups in total. The zero-order valence-electron chi connectivity index (χ0n) is 11.4. The molecule has 2 rings (SSSR count). The highest BCUT2D eigenvalue weighted by Gasteiger charge is 2.39. The van der Waals surface area contributed by atoms with E-state index in [4.69, 9.17) is 0 Å². The second-order valence-electron chi connectivity index (χ2n) is 4.68. The van der Waals surface area contributed by atoms with E-state index in [1.165, 1.54) is 0 Å². The first-order valence-electron chi connectivity index (χ1n) is 6.52. The summed E-state index contributed by atoms with van der Waals surface area (Å²) in [5, 5.41) is 13.0. The lowest BCUT2D eigenvalue weighted by Gasteiger charge is -2.31. The van der Waals surface area contributed by atoms with Crippen molar-refractivity contribution in [2.75, 3.05) is 5.32 Å². The molecule has 2 aromatic rings. The van der Waals surface area contributed by atoms with Gasteiger partial charge in [-0.1, -0.05) is 47.1 Å². The van der Waals surface area contributed by atoms with Crippen molar-refractivity contribution in [1.82, 2.24) is 0 Å². The lowest BCUT2D eigenvalue weighted by Crippen LogP contribution is -2.43. The van der Waals surface area contributed by atoms with E-state index in [1.807, 2.05) is 55.5 Å². The molecule has 0 spiro atoms. The first kappa shape index (κ1) is 16.0. The van der Waals surface area contributed by atoms with Gasteiger partial charge in [-0.05, 0) is 52.2 Å². The number of para-hydroxylation sites is 1. The summed E-state index contributed by atoms with van der Waals surface area (Å²) >= 11 is 6.85. The lowest BCUT2D eigenvalue weighted by atomic mass is 9.87. The summed E-state index contributed by atoms with van der Waals surface area (Å²) in [5.41, 5.74) is 0.289. The fourth-order valence-corrected chi connectivity index (χ4v) is 3.02. The predicted molar refractivity (Wildman–Crippen MR) is 91.5 cm³/mol. The van der Waals surface area contributed by atoms with Crippen LogP contribution in [0, 0.1) is 0 Å². The molecule has 0 bridgehead atoms. The number of hydrogen-bond donors (Lipinski definition) is 2. The van der Waals surface area contributed by atoms with Crippen LogP contribution in [0.2, 0.25) is 0 Å². The van der Waals surface area contributed by atoms with E-state index in [-0.39, 0.29) is 0 Å². The van der Waals surface area contributed by atoms with Crippen LogP contribution in [0.4, 0.5) is 5.69 Å². The topological polar surface area (TPSA) is 49.3 Å². The van der Waals surface area contributed by atoms with Crippen LogP contribution in [0.25, 0.3) is 0 Å². The number of hydrogen-bond acceptors (Lipinski definition) is 2. The van der Waals surface area contributed by atoms with E-state index in [0.29, 0.717) is 12.0 Å². The number of rotatable bonds is 5. The molecule has 0 aromatic heterocycles. The molecule has 0 heterocycles. The molecule has 110 valence electrons. The summed E-state index contributed by atoms with van der Waals surface area (Å²) in [7, 11) is 0. The van der Waals surface area contributed by atoms with Crippen LogP contribution in [-0.4, -0.2) is 11.1 Å². The highest BCUT2D eigenvalue weighted by molar-refractivity contribution is 9.10. The molecule has 2 aromatic carbocycles. The molecule has 0 amide bonds. The van der Waals surface area contributed by atoms with Gasteiger partial charge in [0.2, 0.25) is 0 Å². The van der Waals surface area contributed by atoms with Crippen LogP contribution in [0.1, 0.15) is 18.9 Å². The van der Waals surface area contributed by atoms with Crippen LogP contribution in [0.5, 0.6) is 0 Å². The molecule has 0 aliphatic heterocycles. The number of carboxylic acid groups (broad SMARTS) is 1. The van der Waals surface area contributed by atoms with E-state index < -0.39 is 11.5 Å². The molecule has 1 atom stereocenters. The van der Waals surface area contributed by atoms with Gasteiger partial charge < -0.3 is 10.4 Å². The first-order valence-corrected chi connectivity index (χ1v) is 8.10. The monoisotopic (exact) mass is 411 g/mol. The summed E-state index contributed by atoms with van der Waals surface area (Å²) in [4.78, 5) is 12.0. The van der Waals surface area contributed by atoms with Crippen molar-refractivity contribution in [2.24, 2.45) is 0 Å². The highest BCUT2D eigenvalue weighted by atomic mass is 79.9. The zero-order valence-corrected chi connectivity index (χ0v) is 14.6. The molecule has 5 heteroatoms. The Morgan fingerprint density at radius 1 is 1.19 bits per heavy atom. The zero-order chi connectivity index (χ0) is 15.5. The molecule has 0 aliphatic carbocycles. The van der Waals surface area contributed by atoms with Crippen LogP contribution in [0.3, 0.4) is 0 Å². The summed E-state index contributed by atoms with van der Waals surface area (Å²) in [5.74, 6) is -0.904. The lowest BCUT2D eigenvalue weighted by molar-refractivity contribution is -0.142. The normalized spacial score (nSPS) is 13.5. The van der Waals surface area contributed by atoms with Crippen molar-refractivity contribution in [1.29, 1.82) is 0 Å². The van der Waals surface area contributed by atoms with Crippen molar-refractivity contribution in [3.63, 3.8) is 0 Å². The second-order valence-corrected chi connectivity index (χ2v) is 6.45. The maximum absolute atomic E-state index is 12.0. The Hall–Kier alpha value is -1.33. The molecule has 0 saturated carbocycles. The molecule has 0 saturated heterocycles. The van der Waals surface area contributed by atoms with Crippen molar-refractivity contribution in [3.8, 4) is 0 Å². The fourth-order valence-electron chi connectivity index (χ4n) is 2.24. The third-order valence-electron chi connectivity index (χ3n) is 3.43. The van der Waals surface area contributed by atoms with Crippen molar-refractivity contribution < 1.29 is 9.90 Å². The van der Waals surface area contributed by atoms with E-state index >= 15 is 0 Å². The third-order valence-corrected chi connectivity index (χ3v) is 4.62.